The maximum absolute atomic E-state index is 7.14. The van der Waals surface area contributed by atoms with Gasteiger partial charge in [0.1, 0.15) is 0 Å². The lowest BCUT2D eigenvalue weighted by Gasteiger charge is -2.08. The summed E-state index contributed by atoms with van der Waals surface area (Å²) in [5.74, 6) is 0.671. The predicted molar refractivity (Wildman–Crippen MR) is 41.3 cm³/mol. The monoisotopic (exact) mass is 128 g/mol. The van der Waals surface area contributed by atoms with Crippen molar-refractivity contribution in [1.82, 2.24) is 5.73 Å². The predicted octanol–water partition coefficient (Wildman–Crippen LogP) is 2.49. The maximum Gasteiger partial charge on any atom is 0.0128 e. The fraction of sp³-hybridized carbons (Fsp3) is 1.00. The third-order valence-corrected chi connectivity index (χ3v) is 1.83. The van der Waals surface area contributed by atoms with Crippen LogP contribution in [0, 0.1) is 5.92 Å². The molecule has 0 bridgehead atoms. The lowest BCUT2D eigenvalue weighted by molar-refractivity contribution is 0.457. The molecule has 1 N–H and O–H groups in total. The number of unbranched alkanes of at least 4 members (excludes halogenated alkanes) is 1. The minimum absolute atomic E-state index is 0.622. The second kappa shape index (κ2) is 6.09. The normalized spacial score (nSPS) is 13.7. The molecule has 55 valence electrons. The Kier molecular flexibility index (Phi) is 6.06. The zero-order valence-electron chi connectivity index (χ0n) is 6.61. The Bertz CT molecular complexity index is 48.5. The first-order valence-corrected chi connectivity index (χ1v) is 3.99. The van der Waals surface area contributed by atoms with Crippen molar-refractivity contribution in [3.05, 3.63) is 0 Å². The average molecular weight is 128 g/mol. The Labute approximate surface area is 58.6 Å². The molecule has 0 aromatic carbocycles. The van der Waals surface area contributed by atoms with Crippen LogP contribution in [0.2, 0.25) is 0 Å². The van der Waals surface area contributed by atoms with Crippen LogP contribution >= 0.6 is 0 Å². The van der Waals surface area contributed by atoms with Crippen molar-refractivity contribution in [3.8, 4) is 0 Å². The van der Waals surface area contributed by atoms with Crippen LogP contribution in [0.5, 0.6) is 0 Å². The third-order valence-electron chi connectivity index (χ3n) is 1.83. The molecule has 0 aromatic heterocycles. The molecule has 1 unspecified atom stereocenters. The molecule has 1 heteroatoms. The van der Waals surface area contributed by atoms with Crippen molar-refractivity contribution in [2.24, 2.45) is 5.92 Å². The van der Waals surface area contributed by atoms with Crippen molar-refractivity contribution >= 4 is 0 Å². The summed E-state index contributed by atoms with van der Waals surface area (Å²) in [5, 5.41) is 0. The molecule has 0 spiro atoms. The fourth-order valence-corrected chi connectivity index (χ4v) is 0.943. The van der Waals surface area contributed by atoms with Gasteiger partial charge in [0.05, 0.1) is 0 Å². The van der Waals surface area contributed by atoms with Gasteiger partial charge < -0.3 is 0 Å². The van der Waals surface area contributed by atoms with E-state index < -0.39 is 0 Å². The van der Waals surface area contributed by atoms with E-state index in [4.69, 9.17) is 5.73 Å². The van der Waals surface area contributed by atoms with Crippen molar-refractivity contribution in [3.63, 3.8) is 0 Å². The van der Waals surface area contributed by atoms with Crippen molar-refractivity contribution in [2.75, 3.05) is 6.54 Å². The summed E-state index contributed by atoms with van der Waals surface area (Å²) in [5.41, 5.74) is 7.14. The zero-order valence-corrected chi connectivity index (χ0v) is 6.61. The molecule has 0 heterocycles. The molecule has 0 aliphatic heterocycles. The number of hydrogen-bond acceptors (Lipinski definition) is 0. The van der Waals surface area contributed by atoms with Crippen LogP contribution < -0.4 is 5.73 Å². The Balaban J connectivity index is 3.09. The second-order valence-corrected chi connectivity index (χ2v) is 2.62. The van der Waals surface area contributed by atoms with E-state index in [1.165, 1.54) is 25.7 Å². The molecule has 1 nitrogen and oxygen atoms in total. The molecule has 1 radical (unpaired) electrons. The van der Waals surface area contributed by atoms with Crippen LogP contribution in [-0.4, -0.2) is 6.54 Å². The summed E-state index contributed by atoms with van der Waals surface area (Å²) >= 11 is 0. The largest absolute Gasteiger partial charge is 0.258 e. The van der Waals surface area contributed by atoms with Crippen LogP contribution in [0.25, 0.3) is 0 Å². The van der Waals surface area contributed by atoms with E-state index in [0.717, 1.165) is 0 Å². The highest BCUT2D eigenvalue weighted by molar-refractivity contribution is 4.55. The maximum atomic E-state index is 7.14. The van der Waals surface area contributed by atoms with Crippen molar-refractivity contribution in [1.29, 1.82) is 0 Å². The van der Waals surface area contributed by atoms with Gasteiger partial charge in [-0.25, -0.2) is 0 Å². The highest BCUT2D eigenvalue weighted by Crippen LogP contribution is 2.10. The molecular weight excluding hydrogens is 110 g/mol. The lowest BCUT2D eigenvalue weighted by atomic mass is 10.00. The molecule has 0 amide bonds. The molecular formula is C8H18N. The van der Waals surface area contributed by atoms with Gasteiger partial charge in [0.25, 0.3) is 0 Å². The quantitative estimate of drug-likeness (QED) is 0.543. The molecule has 0 saturated heterocycles. The minimum Gasteiger partial charge on any atom is -0.258 e. The van der Waals surface area contributed by atoms with Gasteiger partial charge in [0.15, 0.2) is 0 Å². The molecule has 0 rings (SSSR count). The minimum atomic E-state index is 0.622. The molecule has 1 atom stereocenters. The number of nitrogens with one attached hydrogen (secondary N) is 1. The van der Waals surface area contributed by atoms with E-state index in [2.05, 4.69) is 13.8 Å². The molecule has 0 aliphatic carbocycles. The van der Waals surface area contributed by atoms with E-state index in [1.54, 1.807) is 0 Å². The summed E-state index contributed by atoms with van der Waals surface area (Å²) in [6.07, 6.45) is 5.02. The van der Waals surface area contributed by atoms with Crippen LogP contribution in [0.4, 0.5) is 0 Å². The van der Waals surface area contributed by atoms with Gasteiger partial charge in [-0.05, 0) is 12.3 Å². The van der Waals surface area contributed by atoms with E-state index in [1.807, 2.05) is 0 Å². The van der Waals surface area contributed by atoms with Gasteiger partial charge in [-0.1, -0.05) is 33.1 Å². The zero-order chi connectivity index (χ0) is 7.11. The Morgan fingerprint density at radius 1 is 1.33 bits per heavy atom. The SMILES string of the molecule is CCCCC(CC)C[NH]. The van der Waals surface area contributed by atoms with E-state index >= 15 is 0 Å². The van der Waals surface area contributed by atoms with Crippen molar-refractivity contribution in [2.45, 2.75) is 39.5 Å². The Morgan fingerprint density at radius 3 is 2.33 bits per heavy atom. The van der Waals surface area contributed by atoms with Gasteiger partial charge in [-0.3, -0.25) is 5.73 Å². The smallest absolute Gasteiger partial charge is 0.0128 e. The number of rotatable bonds is 5. The van der Waals surface area contributed by atoms with E-state index in [9.17, 15) is 0 Å². The lowest BCUT2D eigenvalue weighted by Crippen LogP contribution is -2.04. The van der Waals surface area contributed by atoms with Crippen LogP contribution in [0.15, 0.2) is 0 Å². The van der Waals surface area contributed by atoms with E-state index in [-0.39, 0.29) is 0 Å². The first-order chi connectivity index (χ1) is 4.35. The molecule has 0 saturated carbocycles. The third kappa shape index (κ3) is 4.46. The Morgan fingerprint density at radius 2 is 2.00 bits per heavy atom. The molecule has 9 heavy (non-hydrogen) atoms. The van der Waals surface area contributed by atoms with Gasteiger partial charge in [0.2, 0.25) is 0 Å². The van der Waals surface area contributed by atoms with Crippen LogP contribution in [-0.2, 0) is 0 Å². The van der Waals surface area contributed by atoms with Crippen LogP contribution in [0.1, 0.15) is 39.5 Å². The molecule has 0 aromatic rings. The summed E-state index contributed by atoms with van der Waals surface area (Å²) in [4.78, 5) is 0. The second-order valence-electron chi connectivity index (χ2n) is 2.62. The Hall–Kier alpha value is -0.0400. The van der Waals surface area contributed by atoms with Crippen LogP contribution in [0.3, 0.4) is 0 Å². The summed E-state index contributed by atoms with van der Waals surface area (Å²) in [6.45, 7) is 5.00. The molecule has 0 fully saturated rings. The number of hydrogen-bond donors (Lipinski definition) is 0. The summed E-state index contributed by atoms with van der Waals surface area (Å²) in [7, 11) is 0. The highest BCUT2D eigenvalue weighted by atomic mass is 14.5. The van der Waals surface area contributed by atoms with Crippen molar-refractivity contribution < 1.29 is 0 Å². The van der Waals surface area contributed by atoms with Gasteiger partial charge in [-0.15, -0.1) is 0 Å². The van der Waals surface area contributed by atoms with Gasteiger partial charge in [-0.2, -0.15) is 0 Å². The topological polar surface area (TPSA) is 23.8 Å². The van der Waals surface area contributed by atoms with Gasteiger partial charge >= 0.3 is 0 Å². The fourth-order valence-electron chi connectivity index (χ4n) is 0.943. The highest BCUT2D eigenvalue weighted by Gasteiger charge is 2.00. The summed E-state index contributed by atoms with van der Waals surface area (Å²) < 4.78 is 0. The molecule has 0 aliphatic rings. The summed E-state index contributed by atoms with van der Waals surface area (Å²) in [6, 6.07) is 0. The standard InChI is InChI=1S/C8H18N/c1-3-5-6-8(4-2)7-9/h8-9H,3-7H2,1-2H3. The van der Waals surface area contributed by atoms with E-state index in [0.29, 0.717) is 12.5 Å². The first-order valence-electron chi connectivity index (χ1n) is 3.99. The van der Waals surface area contributed by atoms with Gasteiger partial charge in [0, 0.05) is 6.54 Å². The average Bonchev–Trinajstić information content (AvgIpc) is 1.91. The first kappa shape index (κ1) is 8.96.